The molecule has 1 rings (SSSR count). The minimum atomic E-state index is -1.21. The third-order valence-corrected chi connectivity index (χ3v) is 2.44. The number of nitrogens with one attached hydrogen (secondary N) is 1. The number of ether oxygens (including phenoxy) is 2. The molecule has 1 aromatic heterocycles. The lowest BCUT2D eigenvalue weighted by Crippen LogP contribution is -2.39. The van der Waals surface area contributed by atoms with Crippen LogP contribution in [0.5, 0.6) is 5.75 Å². The molecule has 17 heavy (non-hydrogen) atoms. The molecular weight excluding hydrogens is 292 g/mol. The van der Waals surface area contributed by atoms with E-state index in [1.165, 1.54) is 33.2 Å². The van der Waals surface area contributed by atoms with E-state index in [4.69, 9.17) is 4.74 Å². The van der Waals surface area contributed by atoms with Crippen molar-refractivity contribution in [2.24, 2.45) is 5.18 Å². The Morgan fingerprint density at radius 3 is 2.71 bits per heavy atom. The van der Waals surface area contributed by atoms with Gasteiger partial charge in [0.2, 0.25) is 16.5 Å². The molecule has 0 spiro atoms. The number of carbonyl (C=O) groups excluding carboxylic acids is 1. The zero-order valence-corrected chi connectivity index (χ0v) is 11.2. The third-order valence-electron chi connectivity index (χ3n) is 1.98. The Morgan fingerprint density at radius 2 is 2.18 bits per heavy atom. The second-order valence-electron chi connectivity index (χ2n) is 3.73. The van der Waals surface area contributed by atoms with Gasteiger partial charge in [0.05, 0.1) is 11.6 Å². The number of pyridine rings is 1. The van der Waals surface area contributed by atoms with Gasteiger partial charge in [-0.05, 0) is 34.7 Å². The Labute approximate surface area is 106 Å². The van der Waals surface area contributed by atoms with Gasteiger partial charge in [0.15, 0.2) is 0 Å². The molecule has 7 heteroatoms. The molecule has 92 valence electrons. The number of hydrogen-bond donors (Lipinski definition) is 0. The van der Waals surface area contributed by atoms with Gasteiger partial charge >= 0.3 is 11.8 Å². The first-order chi connectivity index (χ1) is 7.90. The van der Waals surface area contributed by atoms with E-state index in [0.717, 1.165) is 0 Å². The first-order valence-electron chi connectivity index (χ1n) is 4.72. The van der Waals surface area contributed by atoms with Crippen molar-refractivity contribution in [2.75, 3.05) is 7.11 Å². The van der Waals surface area contributed by atoms with Crippen molar-refractivity contribution in [3.63, 3.8) is 0 Å². The maximum atomic E-state index is 11.4. The number of hydrogen-bond acceptors (Lipinski definition) is 5. The van der Waals surface area contributed by atoms with Crippen LogP contribution in [0.4, 0.5) is 5.82 Å². The molecular formula is C10H12BrN2O4+. The van der Waals surface area contributed by atoms with Crippen molar-refractivity contribution in [1.29, 1.82) is 0 Å². The van der Waals surface area contributed by atoms with Crippen LogP contribution in [-0.2, 0) is 9.53 Å². The Balaban J connectivity index is 3.05. The number of carbonyl (C=O) groups is 1. The number of nitrogens with zero attached hydrogens (tertiary/aromatic N) is 1. The summed E-state index contributed by atoms with van der Waals surface area (Å²) >= 11 is 3.22. The molecule has 0 bridgehead atoms. The maximum Gasteiger partial charge on any atom is 0.414 e. The van der Waals surface area contributed by atoms with Gasteiger partial charge in [0, 0.05) is 6.07 Å². The van der Waals surface area contributed by atoms with Gasteiger partial charge in [-0.3, -0.25) is 0 Å². The SMILES string of the molecule is COC(=O)C(C)(C)Oc1cc(Br)c[nH+]c1N=O. The highest BCUT2D eigenvalue weighted by atomic mass is 79.9. The van der Waals surface area contributed by atoms with Crippen LogP contribution < -0.4 is 9.72 Å². The predicted molar refractivity (Wildman–Crippen MR) is 62.9 cm³/mol. The van der Waals surface area contributed by atoms with Crippen LogP contribution in [0.15, 0.2) is 21.9 Å². The molecule has 1 aromatic rings. The smallest absolute Gasteiger partial charge is 0.414 e. The molecule has 0 amide bonds. The Hall–Kier alpha value is -1.50. The number of aromatic amines is 1. The van der Waals surface area contributed by atoms with E-state index in [0.29, 0.717) is 4.47 Å². The van der Waals surface area contributed by atoms with E-state index in [9.17, 15) is 9.70 Å². The molecule has 0 aliphatic carbocycles. The molecule has 0 aromatic carbocycles. The number of esters is 1. The summed E-state index contributed by atoms with van der Waals surface area (Å²) in [7, 11) is 1.26. The van der Waals surface area contributed by atoms with Crippen molar-refractivity contribution in [1.82, 2.24) is 0 Å². The summed E-state index contributed by atoms with van der Waals surface area (Å²) in [5.74, 6) is -0.371. The van der Waals surface area contributed by atoms with Gasteiger partial charge in [-0.15, -0.1) is 0 Å². The maximum absolute atomic E-state index is 11.4. The predicted octanol–water partition coefficient (Wildman–Crippen LogP) is 1.99. The van der Waals surface area contributed by atoms with Crippen molar-refractivity contribution in [3.8, 4) is 5.75 Å². The number of aromatic nitrogens is 1. The zero-order valence-electron chi connectivity index (χ0n) is 9.61. The second-order valence-corrected chi connectivity index (χ2v) is 4.64. The summed E-state index contributed by atoms with van der Waals surface area (Å²) in [5, 5.41) is 2.78. The summed E-state index contributed by atoms with van der Waals surface area (Å²) < 4.78 is 10.7. The number of H-pyrrole nitrogens is 1. The first-order valence-corrected chi connectivity index (χ1v) is 5.52. The quantitative estimate of drug-likeness (QED) is 0.629. The van der Waals surface area contributed by atoms with Gasteiger partial charge < -0.3 is 9.47 Å². The van der Waals surface area contributed by atoms with Gasteiger partial charge in [-0.25, -0.2) is 9.78 Å². The van der Waals surface area contributed by atoms with E-state index in [1.54, 1.807) is 0 Å². The molecule has 0 unspecified atom stereocenters. The molecule has 0 saturated heterocycles. The van der Waals surface area contributed by atoms with Gasteiger partial charge in [0.1, 0.15) is 6.20 Å². The Bertz CT molecular complexity index is 448. The van der Waals surface area contributed by atoms with Crippen LogP contribution in [0.3, 0.4) is 0 Å². The molecule has 0 aliphatic heterocycles. The van der Waals surface area contributed by atoms with Gasteiger partial charge in [-0.1, -0.05) is 0 Å². The fraction of sp³-hybridized carbons (Fsp3) is 0.400. The van der Waals surface area contributed by atoms with Crippen molar-refractivity contribution >= 4 is 27.7 Å². The molecule has 0 atom stereocenters. The summed E-state index contributed by atoms with van der Waals surface area (Å²) in [4.78, 5) is 24.6. The minimum absolute atomic E-state index is 0.00479. The molecule has 0 saturated carbocycles. The number of nitroso groups, excluding NO2 is 1. The zero-order chi connectivity index (χ0) is 13.1. The lowest BCUT2D eigenvalue weighted by molar-refractivity contribution is -0.364. The van der Waals surface area contributed by atoms with Crippen LogP contribution in [0.25, 0.3) is 0 Å². The van der Waals surface area contributed by atoms with Crippen LogP contribution >= 0.6 is 15.9 Å². The number of rotatable bonds is 4. The summed E-state index contributed by atoms with van der Waals surface area (Å²) in [6.07, 6.45) is 1.54. The minimum Gasteiger partial charge on any atom is -0.468 e. The van der Waals surface area contributed by atoms with Crippen LogP contribution in [0.1, 0.15) is 13.8 Å². The van der Waals surface area contributed by atoms with E-state index in [2.05, 4.69) is 30.8 Å². The van der Waals surface area contributed by atoms with Crippen LogP contribution in [-0.4, -0.2) is 18.7 Å². The molecule has 1 N–H and O–H groups in total. The largest absolute Gasteiger partial charge is 0.468 e. The van der Waals surface area contributed by atoms with Crippen LogP contribution in [0, 0.1) is 4.91 Å². The van der Waals surface area contributed by atoms with E-state index >= 15 is 0 Å². The Kier molecular flexibility index (Phi) is 4.17. The van der Waals surface area contributed by atoms with E-state index in [1.807, 2.05) is 0 Å². The van der Waals surface area contributed by atoms with Crippen molar-refractivity contribution in [3.05, 3.63) is 21.6 Å². The summed E-state index contributed by atoms with van der Waals surface area (Å²) in [6.45, 7) is 3.07. The van der Waals surface area contributed by atoms with Gasteiger partial charge in [0.25, 0.3) is 0 Å². The average Bonchev–Trinajstić information content (AvgIpc) is 2.27. The highest BCUT2D eigenvalue weighted by Gasteiger charge is 2.33. The molecule has 0 aliphatic rings. The highest BCUT2D eigenvalue weighted by Crippen LogP contribution is 2.29. The number of methoxy groups -OCH3 is 1. The summed E-state index contributed by atoms with van der Waals surface area (Å²) in [5.41, 5.74) is -1.21. The molecule has 0 radical (unpaired) electrons. The van der Waals surface area contributed by atoms with Crippen molar-refractivity contribution in [2.45, 2.75) is 19.4 Å². The average molecular weight is 304 g/mol. The van der Waals surface area contributed by atoms with E-state index in [-0.39, 0.29) is 11.6 Å². The highest BCUT2D eigenvalue weighted by molar-refractivity contribution is 9.10. The topological polar surface area (TPSA) is 79.1 Å². The molecule has 6 nitrogen and oxygen atoms in total. The fourth-order valence-corrected chi connectivity index (χ4v) is 1.48. The summed E-state index contributed by atoms with van der Waals surface area (Å²) in [6, 6.07) is 1.54. The van der Waals surface area contributed by atoms with E-state index < -0.39 is 11.6 Å². The molecule has 0 fully saturated rings. The molecule has 1 heterocycles. The van der Waals surface area contributed by atoms with Crippen molar-refractivity contribution < 1.29 is 19.3 Å². The van der Waals surface area contributed by atoms with Crippen LogP contribution in [0.2, 0.25) is 0 Å². The fourth-order valence-electron chi connectivity index (χ4n) is 1.16. The monoisotopic (exact) mass is 303 g/mol. The third kappa shape index (κ3) is 3.23. The first kappa shape index (κ1) is 13.6. The lowest BCUT2D eigenvalue weighted by atomic mass is 10.1. The lowest BCUT2D eigenvalue weighted by Gasteiger charge is -2.22. The normalized spacial score (nSPS) is 10.8. The number of halogens is 1. The second kappa shape index (κ2) is 5.22. The Morgan fingerprint density at radius 1 is 1.53 bits per heavy atom. The standard InChI is InChI=1S/C10H11BrN2O4/c1-10(2,9(14)16-3)17-7-4-6(11)5-12-8(7)13-15/h4-5H,1-3H3/p+1. The van der Waals surface area contributed by atoms with Gasteiger partial charge in [-0.2, -0.15) is 0 Å².